The van der Waals surface area contributed by atoms with E-state index in [-0.39, 0.29) is 17.6 Å². The lowest BCUT2D eigenvalue weighted by Gasteiger charge is -2.32. The number of aromatic hydroxyl groups is 1. The van der Waals surface area contributed by atoms with E-state index in [9.17, 15) is 9.90 Å². The topological polar surface area (TPSA) is 66.3 Å². The number of rotatable bonds is 3. The van der Waals surface area contributed by atoms with Gasteiger partial charge in [-0.2, -0.15) is 0 Å². The van der Waals surface area contributed by atoms with Crippen LogP contribution >= 0.6 is 0 Å². The molecule has 5 nitrogen and oxygen atoms in total. The van der Waals surface area contributed by atoms with Crippen LogP contribution in [0.4, 0.5) is 0 Å². The molecule has 4 rings (SSSR count). The number of amides is 1. The van der Waals surface area contributed by atoms with Crippen molar-refractivity contribution in [3.05, 3.63) is 41.3 Å². The largest absolute Gasteiger partial charge is 0.508 e. The molecular formula is C22H27N3O2. The number of carbonyl (C=O) groups excluding carboxylic acids is 1. The Morgan fingerprint density at radius 3 is 2.52 bits per heavy atom. The molecule has 1 amide bonds. The highest BCUT2D eigenvalue weighted by Crippen LogP contribution is 2.33. The molecule has 1 fully saturated rings. The molecule has 5 heteroatoms. The number of nitrogens with zero attached hydrogens (tertiary/aromatic N) is 3. The fourth-order valence-electron chi connectivity index (χ4n) is 4.17. The maximum Gasteiger partial charge on any atom is 0.225 e. The Bertz CT molecular complexity index is 839. The van der Waals surface area contributed by atoms with Crippen molar-refractivity contribution in [1.82, 2.24) is 14.9 Å². The van der Waals surface area contributed by atoms with E-state index in [2.05, 4.69) is 13.8 Å². The minimum absolute atomic E-state index is 0.194. The van der Waals surface area contributed by atoms with Crippen molar-refractivity contribution in [1.29, 1.82) is 0 Å². The zero-order chi connectivity index (χ0) is 19.0. The molecule has 0 spiro atoms. The Labute approximate surface area is 160 Å². The summed E-state index contributed by atoms with van der Waals surface area (Å²) in [5.41, 5.74) is 3.98. The summed E-state index contributed by atoms with van der Waals surface area (Å²) in [6, 6.07) is 7.14. The zero-order valence-corrected chi connectivity index (χ0v) is 16.1. The Morgan fingerprint density at radius 1 is 1.15 bits per heavy atom. The molecule has 0 bridgehead atoms. The average molecular weight is 365 g/mol. The Kier molecular flexibility index (Phi) is 4.85. The number of fused-ring (bicyclic) bond motifs is 1. The Morgan fingerprint density at radius 2 is 1.85 bits per heavy atom. The van der Waals surface area contributed by atoms with Gasteiger partial charge >= 0.3 is 0 Å². The average Bonchev–Trinajstić information content (AvgIpc) is 3.21. The first-order chi connectivity index (χ1) is 13.0. The third-order valence-corrected chi connectivity index (χ3v) is 5.75. The van der Waals surface area contributed by atoms with Gasteiger partial charge in [0.1, 0.15) is 11.6 Å². The van der Waals surface area contributed by atoms with Crippen LogP contribution in [-0.4, -0.2) is 32.4 Å². The third kappa shape index (κ3) is 3.55. The number of hydrogen-bond donors (Lipinski definition) is 1. The summed E-state index contributed by atoms with van der Waals surface area (Å²) in [6.45, 7) is 5.52. The lowest BCUT2D eigenvalue weighted by molar-refractivity contribution is -0.136. The normalized spacial score (nSPS) is 17.4. The smallest absolute Gasteiger partial charge is 0.225 e. The van der Waals surface area contributed by atoms with Gasteiger partial charge in [-0.25, -0.2) is 9.97 Å². The second-order valence-electron chi connectivity index (χ2n) is 8.05. The van der Waals surface area contributed by atoms with Gasteiger partial charge in [0.15, 0.2) is 0 Å². The van der Waals surface area contributed by atoms with Crippen molar-refractivity contribution in [3.63, 3.8) is 0 Å². The van der Waals surface area contributed by atoms with Crippen molar-refractivity contribution in [2.75, 3.05) is 6.54 Å². The molecular weight excluding hydrogens is 338 g/mol. The standard InChI is InChI=1S/C22H27N3O2/c1-14(2)21-23-19-11-12-25(22(27)16-5-3-4-6-16)13-18(19)20(24-21)15-7-9-17(26)10-8-15/h7-10,14,16,26H,3-6,11-13H2,1-2H3. The van der Waals surface area contributed by atoms with Gasteiger partial charge in [-0.05, 0) is 37.1 Å². The van der Waals surface area contributed by atoms with Crippen LogP contribution in [-0.2, 0) is 17.8 Å². The van der Waals surface area contributed by atoms with Crippen molar-refractivity contribution in [2.45, 2.75) is 58.4 Å². The maximum absolute atomic E-state index is 12.9. The number of phenolic OH excluding ortho intramolecular Hbond substituents is 1. The quantitative estimate of drug-likeness (QED) is 0.891. The van der Waals surface area contributed by atoms with Crippen LogP contribution in [0.2, 0.25) is 0 Å². The van der Waals surface area contributed by atoms with Gasteiger partial charge in [-0.15, -0.1) is 0 Å². The fraction of sp³-hybridized carbons (Fsp3) is 0.500. The minimum Gasteiger partial charge on any atom is -0.508 e. The summed E-state index contributed by atoms with van der Waals surface area (Å²) in [6.07, 6.45) is 5.16. The van der Waals surface area contributed by atoms with Gasteiger partial charge in [-0.3, -0.25) is 4.79 Å². The molecule has 2 aromatic rings. The molecule has 2 heterocycles. The molecule has 142 valence electrons. The van der Waals surface area contributed by atoms with Crippen LogP contribution in [0.3, 0.4) is 0 Å². The monoisotopic (exact) mass is 365 g/mol. The van der Waals surface area contributed by atoms with Crippen molar-refractivity contribution < 1.29 is 9.90 Å². The van der Waals surface area contributed by atoms with Gasteiger partial charge in [0.05, 0.1) is 11.4 Å². The lowest BCUT2D eigenvalue weighted by atomic mass is 9.96. The summed E-state index contributed by atoms with van der Waals surface area (Å²) >= 11 is 0. The maximum atomic E-state index is 12.9. The van der Waals surface area contributed by atoms with Crippen LogP contribution < -0.4 is 0 Å². The van der Waals surface area contributed by atoms with Gasteiger partial charge in [0, 0.05) is 42.5 Å². The highest BCUT2D eigenvalue weighted by Gasteiger charge is 2.31. The molecule has 1 aromatic heterocycles. The van der Waals surface area contributed by atoms with E-state index in [1.807, 2.05) is 17.0 Å². The first kappa shape index (κ1) is 18.0. The first-order valence-electron chi connectivity index (χ1n) is 10.0. The summed E-state index contributed by atoms with van der Waals surface area (Å²) in [5.74, 6) is 1.81. The van der Waals surface area contributed by atoms with Gasteiger partial charge in [0.25, 0.3) is 0 Å². The molecule has 1 N–H and O–H groups in total. The van der Waals surface area contributed by atoms with E-state index in [1.54, 1.807) is 12.1 Å². The molecule has 1 aromatic carbocycles. The number of benzene rings is 1. The van der Waals surface area contributed by atoms with Crippen LogP contribution in [0, 0.1) is 5.92 Å². The fourth-order valence-corrected chi connectivity index (χ4v) is 4.17. The van der Waals surface area contributed by atoms with E-state index >= 15 is 0 Å². The second-order valence-corrected chi connectivity index (χ2v) is 8.05. The Hall–Kier alpha value is -2.43. The molecule has 0 atom stereocenters. The van der Waals surface area contributed by atoms with E-state index in [0.717, 1.165) is 54.1 Å². The highest BCUT2D eigenvalue weighted by molar-refractivity contribution is 5.80. The van der Waals surface area contributed by atoms with Crippen molar-refractivity contribution in [2.24, 2.45) is 5.92 Å². The van der Waals surface area contributed by atoms with Crippen molar-refractivity contribution in [3.8, 4) is 17.0 Å². The van der Waals surface area contributed by atoms with Crippen molar-refractivity contribution >= 4 is 5.91 Å². The van der Waals surface area contributed by atoms with Crippen LogP contribution in [0.25, 0.3) is 11.3 Å². The number of phenols is 1. The molecule has 27 heavy (non-hydrogen) atoms. The molecule has 1 saturated carbocycles. The van der Waals surface area contributed by atoms with E-state index in [0.29, 0.717) is 12.5 Å². The number of aromatic nitrogens is 2. The zero-order valence-electron chi connectivity index (χ0n) is 16.1. The number of hydrogen-bond acceptors (Lipinski definition) is 4. The SMILES string of the molecule is CC(C)c1nc2c(c(-c3ccc(O)cc3)n1)CN(C(=O)C1CCCC1)CC2. The van der Waals surface area contributed by atoms with Crippen LogP contribution in [0.5, 0.6) is 5.75 Å². The minimum atomic E-state index is 0.194. The molecule has 1 aliphatic carbocycles. The molecule has 1 aliphatic heterocycles. The van der Waals surface area contributed by atoms with Gasteiger partial charge in [0.2, 0.25) is 5.91 Å². The third-order valence-electron chi connectivity index (χ3n) is 5.75. The van der Waals surface area contributed by atoms with Gasteiger partial charge < -0.3 is 10.0 Å². The van der Waals surface area contributed by atoms with E-state index < -0.39 is 0 Å². The van der Waals surface area contributed by atoms with E-state index in [1.165, 1.54) is 12.8 Å². The summed E-state index contributed by atoms with van der Waals surface area (Å²) in [4.78, 5) is 24.6. The summed E-state index contributed by atoms with van der Waals surface area (Å²) in [5, 5.41) is 9.64. The molecule has 0 saturated heterocycles. The Balaban J connectivity index is 1.72. The van der Waals surface area contributed by atoms with Gasteiger partial charge in [-0.1, -0.05) is 26.7 Å². The molecule has 0 radical (unpaired) electrons. The first-order valence-corrected chi connectivity index (χ1v) is 10.0. The van der Waals surface area contributed by atoms with Crippen LogP contribution in [0.1, 0.15) is 62.5 Å². The predicted octanol–water partition coefficient (Wildman–Crippen LogP) is 4.05. The van der Waals surface area contributed by atoms with Crippen LogP contribution in [0.15, 0.2) is 24.3 Å². The highest BCUT2D eigenvalue weighted by atomic mass is 16.3. The molecule has 2 aliphatic rings. The lowest BCUT2D eigenvalue weighted by Crippen LogP contribution is -2.40. The number of carbonyl (C=O) groups is 1. The second kappa shape index (κ2) is 7.29. The predicted molar refractivity (Wildman–Crippen MR) is 104 cm³/mol. The molecule has 0 unspecified atom stereocenters. The summed E-state index contributed by atoms with van der Waals surface area (Å²) in [7, 11) is 0. The summed E-state index contributed by atoms with van der Waals surface area (Å²) < 4.78 is 0. The van der Waals surface area contributed by atoms with E-state index in [4.69, 9.17) is 9.97 Å².